The summed E-state index contributed by atoms with van der Waals surface area (Å²) in [6.07, 6.45) is 7.20. The van der Waals surface area contributed by atoms with E-state index >= 15 is 0 Å². The Kier molecular flexibility index (Phi) is 4.44. The third-order valence-corrected chi connectivity index (χ3v) is 5.61. The maximum atomic E-state index is 13.0. The Labute approximate surface area is 169 Å². The predicted molar refractivity (Wildman–Crippen MR) is 113 cm³/mol. The average molecular weight is 386 g/mol. The summed E-state index contributed by atoms with van der Waals surface area (Å²) in [5.74, 6) is 0.854. The van der Waals surface area contributed by atoms with Gasteiger partial charge >= 0.3 is 0 Å². The first kappa shape index (κ1) is 17.8. The fraction of sp³-hybridized carbons (Fsp3) is 0.273. The number of carbonyl (C=O) groups excluding carboxylic acids is 1. The second-order valence-corrected chi connectivity index (χ2v) is 7.51. The van der Waals surface area contributed by atoms with E-state index in [1.54, 1.807) is 12.5 Å². The fourth-order valence-electron chi connectivity index (χ4n) is 3.91. The molecular formula is C22H22N6O. The molecule has 7 nitrogen and oxygen atoms in total. The highest BCUT2D eigenvalue weighted by Crippen LogP contribution is 2.33. The lowest BCUT2D eigenvalue weighted by molar-refractivity contribution is 0.0663. The van der Waals surface area contributed by atoms with E-state index in [9.17, 15) is 4.79 Å². The van der Waals surface area contributed by atoms with Crippen LogP contribution in [0, 0.1) is 0 Å². The molecular weight excluding hydrogens is 364 g/mol. The van der Waals surface area contributed by atoms with Gasteiger partial charge in [0, 0.05) is 56.1 Å². The Morgan fingerprint density at radius 1 is 1.07 bits per heavy atom. The quantitative estimate of drug-likeness (QED) is 0.728. The van der Waals surface area contributed by atoms with Gasteiger partial charge in [-0.05, 0) is 36.4 Å². The second kappa shape index (κ2) is 7.25. The van der Waals surface area contributed by atoms with E-state index in [0.29, 0.717) is 12.1 Å². The number of benzene rings is 1. The van der Waals surface area contributed by atoms with Gasteiger partial charge in [-0.15, -0.1) is 0 Å². The summed E-state index contributed by atoms with van der Waals surface area (Å²) in [6.45, 7) is 3.99. The van der Waals surface area contributed by atoms with Gasteiger partial charge in [0.15, 0.2) is 0 Å². The van der Waals surface area contributed by atoms with Crippen molar-refractivity contribution in [2.24, 2.45) is 0 Å². The summed E-state index contributed by atoms with van der Waals surface area (Å²) in [6, 6.07) is 8.12. The number of anilines is 1. The molecule has 0 aliphatic carbocycles. The number of rotatable bonds is 2. The maximum Gasteiger partial charge on any atom is 0.255 e. The van der Waals surface area contributed by atoms with E-state index in [4.69, 9.17) is 0 Å². The standard InChI is InChI=1S/C22H22N6O/c1-27-6-8-28(9-7-27)22(29)17-11-19-18(4-5-24-21(19)25-13-17)15-2-3-20-16(10-15)12-23-14-26-20/h2-4,10-14H,5-9H2,1H3,(H,24,25). The summed E-state index contributed by atoms with van der Waals surface area (Å²) in [5, 5.41) is 4.30. The number of nitrogens with one attached hydrogen (secondary N) is 1. The first-order chi connectivity index (χ1) is 14.2. The van der Waals surface area contributed by atoms with Gasteiger partial charge in [0.05, 0.1) is 11.1 Å². The predicted octanol–water partition coefficient (Wildman–Crippen LogP) is 2.27. The van der Waals surface area contributed by atoms with E-state index in [1.165, 1.54) is 0 Å². The van der Waals surface area contributed by atoms with Crippen LogP contribution >= 0.6 is 0 Å². The minimum atomic E-state index is 0.0465. The number of hydrogen-bond donors (Lipinski definition) is 1. The van der Waals surface area contributed by atoms with E-state index in [-0.39, 0.29) is 5.91 Å². The molecule has 5 rings (SSSR count). The van der Waals surface area contributed by atoms with Crippen molar-refractivity contribution >= 4 is 28.2 Å². The fourth-order valence-corrected chi connectivity index (χ4v) is 3.91. The lowest BCUT2D eigenvalue weighted by Crippen LogP contribution is -2.47. The van der Waals surface area contributed by atoms with E-state index in [1.807, 2.05) is 23.2 Å². The van der Waals surface area contributed by atoms with Crippen LogP contribution in [0.2, 0.25) is 0 Å². The summed E-state index contributed by atoms with van der Waals surface area (Å²) in [5.41, 5.74) is 4.64. The molecule has 2 aromatic heterocycles. The van der Waals surface area contributed by atoms with Crippen LogP contribution in [-0.4, -0.2) is 70.4 Å². The molecule has 0 bridgehead atoms. The molecule has 1 fully saturated rings. The lowest BCUT2D eigenvalue weighted by Gasteiger charge is -2.32. The molecule has 0 spiro atoms. The van der Waals surface area contributed by atoms with Crippen LogP contribution in [0.5, 0.6) is 0 Å². The molecule has 0 unspecified atom stereocenters. The molecule has 146 valence electrons. The molecule has 1 amide bonds. The van der Waals surface area contributed by atoms with Gasteiger partial charge < -0.3 is 15.1 Å². The van der Waals surface area contributed by atoms with Crippen molar-refractivity contribution < 1.29 is 4.79 Å². The Bertz CT molecular complexity index is 1120. The van der Waals surface area contributed by atoms with Gasteiger partial charge in [-0.1, -0.05) is 12.1 Å². The van der Waals surface area contributed by atoms with Crippen molar-refractivity contribution in [2.45, 2.75) is 0 Å². The third-order valence-electron chi connectivity index (χ3n) is 5.61. The third kappa shape index (κ3) is 3.34. The van der Waals surface area contributed by atoms with E-state index in [0.717, 1.165) is 59.6 Å². The number of likely N-dealkylation sites (N-methyl/N-ethyl adjacent to an activating group) is 1. The van der Waals surface area contributed by atoms with Crippen LogP contribution in [-0.2, 0) is 0 Å². The second-order valence-electron chi connectivity index (χ2n) is 7.51. The van der Waals surface area contributed by atoms with Gasteiger partial charge in [0.25, 0.3) is 5.91 Å². The van der Waals surface area contributed by atoms with Crippen LogP contribution in [0.3, 0.4) is 0 Å². The van der Waals surface area contributed by atoms with Crippen molar-refractivity contribution in [1.29, 1.82) is 0 Å². The normalized spacial score (nSPS) is 16.9. The van der Waals surface area contributed by atoms with Crippen LogP contribution in [0.1, 0.15) is 21.5 Å². The molecule has 29 heavy (non-hydrogen) atoms. The number of aromatic nitrogens is 3. The molecule has 1 saturated heterocycles. The molecule has 1 N–H and O–H groups in total. The number of nitrogens with zero attached hydrogens (tertiary/aromatic N) is 5. The van der Waals surface area contributed by atoms with Crippen molar-refractivity contribution in [2.75, 3.05) is 45.1 Å². The van der Waals surface area contributed by atoms with E-state index < -0.39 is 0 Å². The number of fused-ring (bicyclic) bond motifs is 2. The van der Waals surface area contributed by atoms with Crippen molar-refractivity contribution in [3.63, 3.8) is 0 Å². The Morgan fingerprint density at radius 3 is 2.79 bits per heavy atom. The molecule has 0 radical (unpaired) electrons. The van der Waals surface area contributed by atoms with Crippen LogP contribution in [0.15, 0.2) is 49.1 Å². The molecule has 4 heterocycles. The molecule has 2 aliphatic rings. The molecule has 3 aromatic rings. The summed E-state index contributed by atoms with van der Waals surface area (Å²) in [7, 11) is 2.08. The van der Waals surface area contributed by atoms with Crippen molar-refractivity contribution in [1.82, 2.24) is 24.8 Å². The van der Waals surface area contributed by atoms with Crippen molar-refractivity contribution in [3.8, 4) is 0 Å². The Hall–Kier alpha value is -3.32. The first-order valence-electron chi connectivity index (χ1n) is 9.81. The molecule has 2 aliphatic heterocycles. The topological polar surface area (TPSA) is 74.2 Å². The Balaban J connectivity index is 1.50. The van der Waals surface area contributed by atoms with Crippen LogP contribution in [0.25, 0.3) is 16.5 Å². The van der Waals surface area contributed by atoms with Gasteiger partial charge in [0.2, 0.25) is 0 Å². The summed E-state index contributed by atoms with van der Waals surface area (Å²) in [4.78, 5) is 30.2. The van der Waals surface area contributed by atoms with Gasteiger partial charge in [-0.25, -0.2) is 15.0 Å². The highest BCUT2D eigenvalue weighted by Gasteiger charge is 2.23. The Morgan fingerprint density at radius 2 is 1.93 bits per heavy atom. The van der Waals surface area contributed by atoms with Crippen LogP contribution < -0.4 is 5.32 Å². The summed E-state index contributed by atoms with van der Waals surface area (Å²) < 4.78 is 0. The monoisotopic (exact) mass is 386 g/mol. The summed E-state index contributed by atoms with van der Waals surface area (Å²) >= 11 is 0. The minimum absolute atomic E-state index is 0.0465. The SMILES string of the molecule is CN1CCN(C(=O)c2cnc3c(c2)C(c2ccc4ncncc4c2)=CCN3)CC1. The molecule has 7 heteroatoms. The zero-order valence-electron chi connectivity index (χ0n) is 16.3. The van der Waals surface area contributed by atoms with E-state index in [2.05, 4.69) is 50.4 Å². The largest absolute Gasteiger partial charge is 0.366 e. The average Bonchev–Trinajstić information content (AvgIpc) is 2.78. The van der Waals surface area contributed by atoms with Gasteiger partial charge in [-0.3, -0.25) is 4.79 Å². The molecule has 0 saturated carbocycles. The highest BCUT2D eigenvalue weighted by atomic mass is 16.2. The highest BCUT2D eigenvalue weighted by molar-refractivity contribution is 5.98. The van der Waals surface area contributed by atoms with Crippen LogP contribution in [0.4, 0.5) is 5.82 Å². The number of pyridine rings is 1. The first-order valence-corrected chi connectivity index (χ1v) is 9.81. The molecule has 0 atom stereocenters. The zero-order valence-corrected chi connectivity index (χ0v) is 16.3. The zero-order chi connectivity index (χ0) is 19.8. The number of amides is 1. The maximum absolute atomic E-state index is 13.0. The van der Waals surface area contributed by atoms with Gasteiger partial charge in [-0.2, -0.15) is 0 Å². The number of carbonyl (C=O) groups is 1. The number of hydrogen-bond acceptors (Lipinski definition) is 6. The van der Waals surface area contributed by atoms with Gasteiger partial charge in [0.1, 0.15) is 12.1 Å². The number of piperazine rings is 1. The lowest BCUT2D eigenvalue weighted by atomic mass is 9.94. The molecule has 1 aromatic carbocycles. The smallest absolute Gasteiger partial charge is 0.255 e. The van der Waals surface area contributed by atoms with Crippen molar-refractivity contribution in [3.05, 3.63) is 65.8 Å². The minimum Gasteiger partial charge on any atom is -0.366 e.